The van der Waals surface area contributed by atoms with Gasteiger partial charge in [0.2, 0.25) is 11.7 Å². The molecule has 3 aromatic rings. The molecule has 0 saturated heterocycles. The average molecular weight is 299 g/mol. The van der Waals surface area contributed by atoms with Gasteiger partial charge in [-0.1, -0.05) is 19.1 Å². The van der Waals surface area contributed by atoms with E-state index in [0.29, 0.717) is 29.5 Å². The molecule has 2 aromatic heterocycles. The van der Waals surface area contributed by atoms with Gasteiger partial charge in [-0.05, 0) is 19.1 Å². The zero-order valence-electron chi connectivity index (χ0n) is 12.8. The third-order valence-electron chi connectivity index (χ3n) is 3.39. The summed E-state index contributed by atoms with van der Waals surface area (Å²) in [5.41, 5.74) is 2.09. The molecule has 0 radical (unpaired) electrons. The maximum atomic E-state index is 12.4. The van der Waals surface area contributed by atoms with Crippen LogP contribution >= 0.6 is 0 Å². The van der Waals surface area contributed by atoms with Gasteiger partial charge in [-0.3, -0.25) is 4.79 Å². The standard InChI is InChI=1S/C16H17N3O3/c1-4-13-17-10(2)15(22-13)16(20)19(3)9-14-18-11-7-5-6-8-12(11)21-14/h5-8H,4,9H2,1-3H3. The summed E-state index contributed by atoms with van der Waals surface area (Å²) in [5.74, 6) is 1.10. The quantitative estimate of drug-likeness (QED) is 0.740. The van der Waals surface area contributed by atoms with E-state index in [9.17, 15) is 4.79 Å². The molecule has 0 fully saturated rings. The summed E-state index contributed by atoms with van der Waals surface area (Å²) in [6.07, 6.45) is 0.656. The molecule has 114 valence electrons. The molecule has 0 aliphatic heterocycles. The molecule has 3 rings (SSSR count). The number of hydrogen-bond donors (Lipinski definition) is 0. The number of carbonyl (C=O) groups is 1. The molecule has 6 nitrogen and oxygen atoms in total. The van der Waals surface area contributed by atoms with Crippen LogP contribution in [-0.4, -0.2) is 27.8 Å². The highest BCUT2D eigenvalue weighted by atomic mass is 16.4. The van der Waals surface area contributed by atoms with Crippen molar-refractivity contribution in [1.29, 1.82) is 0 Å². The van der Waals surface area contributed by atoms with E-state index in [1.54, 1.807) is 14.0 Å². The van der Waals surface area contributed by atoms with E-state index in [2.05, 4.69) is 9.97 Å². The second-order valence-corrected chi connectivity index (χ2v) is 5.11. The van der Waals surface area contributed by atoms with Crippen molar-refractivity contribution in [2.24, 2.45) is 0 Å². The van der Waals surface area contributed by atoms with E-state index in [4.69, 9.17) is 8.83 Å². The molecule has 2 heterocycles. The van der Waals surface area contributed by atoms with Crippen molar-refractivity contribution in [1.82, 2.24) is 14.9 Å². The van der Waals surface area contributed by atoms with E-state index in [-0.39, 0.29) is 18.2 Å². The van der Waals surface area contributed by atoms with Gasteiger partial charge in [-0.25, -0.2) is 9.97 Å². The molecule has 0 atom stereocenters. The van der Waals surface area contributed by atoms with Gasteiger partial charge in [-0.15, -0.1) is 0 Å². The third-order valence-corrected chi connectivity index (χ3v) is 3.39. The van der Waals surface area contributed by atoms with Gasteiger partial charge < -0.3 is 13.7 Å². The van der Waals surface area contributed by atoms with Crippen molar-refractivity contribution >= 4 is 17.0 Å². The minimum absolute atomic E-state index is 0.230. The number of fused-ring (bicyclic) bond motifs is 1. The molecule has 0 aliphatic carbocycles. The summed E-state index contributed by atoms with van der Waals surface area (Å²) < 4.78 is 11.1. The van der Waals surface area contributed by atoms with Crippen molar-refractivity contribution in [2.75, 3.05) is 7.05 Å². The van der Waals surface area contributed by atoms with Gasteiger partial charge in [0, 0.05) is 13.5 Å². The minimum atomic E-state index is -0.230. The number of hydrogen-bond acceptors (Lipinski definition) is 5. The molecule has 0 bridgehead atoms. The van der Waals surface area contributed by atoms with Crippen molar-refractivity contribution in [2.45, 2.75) is 26.8 Å². The van der Waals surface area contributed by atoms with Gasteiger partial charge in [0.1, 0.15) is 5.52 Å². The van der Waals surface area contributed by atoms with Crippen LogP contribution in [0.5, 0.6) is 0 Å². The lowest BCUT2D eigenvalue weighted by Gasteiger charge is -2.13. The highest BCUT2D eigenvalue weighted by molar-refractivity contribution is 5.92. The van der Waals surface area contributed by atoms with Crippen LogP contribution in [0.4, 0.5) is 0 Å². The fourth-order valence-electron chi connectivity index (χ4n) is 2.24. The van der Waals surface area contributed by atoms with Gasteiger partial charge >= 0.3 is 0 Å². The predicted molar refractivity (Wildman–Crippen MR) is 80.4 cm³/mol. The molecule has 0 spiro atoms. The van der Waals surface area contributed by atoms with Crippen molar-refractivity contribution in [3.63, 3.8) is 0 Å². The number of aryl methyl sites for hydroxylation is 2. The first kappa shape index (κ1) is 14.3. The van der Waals surface area contributed by atoms with E-state index >= 15 is 0 Å². The highest BCUT2D eigenvalue weighted by Crippen LogP contribution is 2.18. The Morgan fingerprint density at radius 1 is 1.18 bits per heavy atom. The molecule has 0 aliphatic rings. The van der Waals surface area contributed by atoms with Crippen molar-refractivity contribution in [3.8, 4) is 0 Å². The molecule has 0 saturated carbocycles. The van der Waals surface area contributed by atoms with E-state index in [1.807, 2.05) is 31.2 Å². The van der Waals surface area contributed by atoms with Crippen LogP contribution in [0.15, 0.2) is 33.1 Å². The Morgan fingerprint density at radius 3 is 2.64 bits per heavy atom. The zero-order chi connectivity index (χ0) is 15.7. The third kappa shape index (κ3) is 2.59. The number of rotatable bonds is 4. The SMILES string of the molecule is CCc1nc(C)c(C(=O)N(C)Cc2nc3ccccc3o2)o1. The summed E-state index contributed by atoms with van der Waals surface area (Å²) in [6.45, 7) is 3.97. The number of amides is 1. The fraction of sp³-hybridized carbons (Fsp3) is 0.312. The first-order valence-corrected chi connectivity index (χ1v) is 7.14. The lowest BCUT2D eigenvalue weighted by molar-refractivity contribution is 0.0739. The summed E-state index contributed by atoms with van der Waals surface area (Å²) in [6, 6.07) is 7.50. The molecule has 1 amide bonds. The van der Waals surface area contributed by atoms with Crippen LogP contribution < -0.4 is 0 Å². The first-order valence-electron chi connectivity index (χ1n) is 7.14. The number of para-hydroxylation sites is 2. The summed E-state index contributed by atoms with van der Waals surface area (Å²) in [7, 11) is 1.69. The Balaban J connectivity index is 1.79. The smallest absolute Gasteiger partial charge is 0.291 e. The number of carbonyl (C=O) groups excluding carboxylic acids is 1. The molecule has 6 heteroatoms. The highest BCUT2D eigenvalue weighted by Gasteiger charge is 2.22. The number of oxazole rings is 2. The van der Waals surface area contributed by atoms with Gasteiger partial charge in [0.15, 0.2) is 11.5 Å². The predicted octanol–water partition coefficient (Wildman–Crippen LogP) is 2.96. The molecule has 0 unspecified atom stereocenters. The zero-order valence-corrected chi connectivity index (χ0v) is 12.8. The Hall–Kier alpha value is -2.63. The fourth-order valence-corrected chi connectivity index (χ4v) is 2.24. The second kappa shape index (κ2) is 5.63. The van der Waals surface area contributed by atoms with Crippen molar-refractivity contribution < 1.29 is 13.6 Å². The summed E-state index contributed by atoms with van der Waals surface area (Å²) in [4.78, 5) is 22.5. The van der Waals surface area contributed by atoms with Gasteiger partial charge in [0.25, 0.3) is 5.91 Å². The van der Waals surface area contributed by atoms with Crippen LogP contribution in [0.1, 0.15) is 35.0 Å². The van der Waals surface area contributed by atoms with E-state index in [1.165, 1.54) is 4.90 Å². The number of benzene rings is 1. The Kier molecular flexibility index (Phi) is 3.66. The lowest BCUT2D eigenvalue weighted by atomic mass is 10.3. The van der Waals surface area contributed by atoms with Crippen LogP contribution in [0, 0.1) is 6.92 Å². The summed E-state index contributed by atoms with van der Waals surface area (Å²) in [5, 5.41) is 0. The monoisotopic (exact) mass is 299 g/mol. The Labute approximate surface area is 127 Å². The lowest BCUT2D eigenvalue weighted by Crippen LogP contribution is -2.26. The van der Waals surface area contributed by atoms with Gasteiger partial charge in [-0.2, -0.15) is 0 Å². The van der Waals surface area contributed by atoms with Crippen LogP contribution in [0.25, 0.3) is 11.1 Å². The largest absolute Gasteiger partial charge is 0.439 e. The molecular formula is C16H17N3O3. The van der Waals surface area contributed by atoms with E-state index in [0.717, 1.165) is 5.52 Å². The second-order valence-electron chi connectivity index (χ2n) is 5.11. The Bertz CT molecular complexity index is 786. The first-order chi connectivity index (χ1) is 10.6. The topological polar surface area (TPSA) is 72.4 Å². The van der Waals surface area contributed by atoms with Crippen LogP contribution in [-0.2, 0) is 13.0 Å². The van der Waals surface area contributed by atoms with Crippen molar-refractivity contribution in [3.05, 3.63) is 47.5 Å². The summed E-state index contributed by atoms with van der Waals surface area (Å²) >= 11 is 0. The maximum absolute atomic E-state index is 12.4. The van der Waals surface area contributed by atoms with Crippen LogP contribution in [0.2, 0.25) is 0 Å². The minimum Gasteiger partial charge on any atom is -0.439 e. The number of nitrogens with zero attached hydrogens (tertiary/aromatic N) is 3. The molecule has 22 heavy (non-hydrogen) atoms. The van der Waals surface area contributed by atoms with E-state index < -0.39 is 0 Å². The maximum Gasteiger partial charge on any atom is 0.291 e. The van der Waals surface area contributed by atoms with Gasteiger partial charge in [0.05, 0.1) is 12.2 Å². The molecular weight excluding hydrogens is 282 g/mol. The Morgan fingerprint density at radius 2 is 1.95 bits per heavy atom. The average Bonchev–Trinajstić information content (AvgIpc) is 3.08. The molecule has 0 N–H and O–H groups in total. The van der Waals surface area contributed by atoms with Crippen LogP contribution in [0.3, 0.4) is 0 Å². The molecule has 1 aromatic carbocycles. The number of aromatic nitrogens is 2. The normalized spacial score (nSPS) is 11.0.